The molecule has 112 valence electrons. The first kappa shape index (κ1) is 15.4. The molecule has 2 unspecified atom stereocenters. The molecule has 1 aliphatic carbocycles. The van der Waals surface area contributed by atoms with Crippen LogP contribution in [-0.2, 0) is 12.6 Å². The van der Waals surface area contributed by atoms with Gasteiger partial charge < -0.3 is 5.32 Å². The number of halogens is 3. The molecule has 0 heterocycles. The zero-order chi connectivity index (χ0) is 14.6. The van der Waals surface area contributed by atoms with Crippen LogP contribution in [0.1, 0.15) is 43.7 Å². The highest BCUT2D eigenvalue weighted by molar-refractivity contribution is 5.26. The molecule has 0 aliphatic heterocycles. The number of hydrogen-bond acceptors (Lipinski definition) is 1. The first-order valence-electron chi connectivity index (χ1n) is 7.38. The van der Waals surface area contributed by atoms with Crippen LogP contribution in [0.5, 0.6) is 0 Å². The summed E-state index contributed by atoms with van der Waals surface area (Å²) in [4.78, 5) is 0. The van der Waals surface area contributed by atoms with Gasteiger partial charge in [-0.25, -0.2) is 0 Å². The summed E-state index contributed by atoms with van der Waals surface area (Å²) in [6, 6.07) is 6.31. The molecule has 1 aromatic rings. The Morgan fingerprint density at radius 3 is 2.75 bits per heavy atom. The number of alkyl halides is 3. The smallest absolute Gasteiger partial charge is 0.314 e. The van der Waals surface area contributed by atoms with Crippen molar-refractivity contribution in [3.8, 4) is 0 Å². The summed E-state index contributed by atoms with van der Waals surface area (Å²) < 4.78 is 38.0. The highest BCUT2D eigenvalue weighted by atomic mass is 19.4. The summed E-state index contributed by atoms with van der Waals surface area (Å²) in [5, 5.41) is 3.50. The predicted octanol–water partition coefficient (Wildman–Crippen LogP) is 4.42. The van der Waals surface area contributed by atoms with Gasteiger partial charge in [-0.1, -0.05) is 25.1 Å². The average molecular weight is 285 g/mol. The van der Waals surface area contributed by atoms with E-state index in [0.29, 0.717) is 12.0 Å². The molecule has 2 atom stereocenters. The Bertz CT molecular complexity index is 428. The second kappa shape index (κ2) is 6.61. The second-order valence-corrected chi connectivity index (χ2v) is 5.73. The minimum atomic E-state index is -4.24. The first-order valence-corrected chi connectivity index (χ1v) is 7.38. The zero-order valence-corrected chi connectivity index (χ0v) is 11.8. The van der Waals surface area contributed by atoms with Gasteiger partial charge in [-0.05, 0) is 56.2 Å². The lowest BCUT2D eigenvalue weighted by molar-refractivity contribution is -0.137. The van der Waals surface area contributed by atoms with E-state index in [9.17, 15) is 13.2 Å². The van der Waals surface area contributed by atoms with Crippen LogP contribution in [0.25, 0.3) is 0 Å². The maximum atomic E-state index is 12.7. The standard InChI is InChI=1S/C16H22F3N/c1-2-8-20-15-7-6-13(11-15)9-12-4-3-5-14(10-12)16(17,18)19/h3-5,10,13,15,20H,2,6-9,11H2,1H3. The minimum Gasteiger partial charge on any atom is -0.314 e. The fraction of sp³-hybridized carbons (Fsp3) is 0.625. The molecule has 4 heteroatoms. The van der Waals surface area contributed by atoms with Crippen molar-refractivity contribution in [1.29, 1.82) is 0 Å². The molecule has 1 aliphatic rings. The average Bonchev–Trinajstić information content (AvgIpc) is 2.83. The van der Waals surface area contributed by atoms with Crippen LogP contribution >= 0.6 is 0 Å². The Hall–Kier alpha value is -1.03. The molecular formula is C16H22F3N. The van der Waals surface area contributed by atoms with Crippen molar-refractivity contribution in [1.82, 2.24) is 5.32 Å². The maximum Gasteiger partial charge on any atom is 0.416 e. The van der Waals surface area contributed by atoms with E-state index in [1.165, 1.54) is 12.1 Å². The Labute approximate surface area is 118 Å². The summed E-state index contributed by atoms with van der Waals surface area (Å²) in [6.07, 6.45) is 0.970. The van der Waals surface area contributed by atoms with E-state index in [-0.39, 0.29) is 0 Å². The largest absolute Gasteiger partial charge is 0.416 e. The SMILES string of the molecule is CCCNC1CCC(Cc2cccc(C(F)(F)F)c2)C1. The normalized spacial score (nSPS) is 23.2. The van der Waals surface area contributed by atoms with E-state index in [0.717, 1.165) is 50.3 Å². The van der Waals surface area contributed by atoms with Gasteiger partial charge in [-0.15, -0.1) is 0 Å². The Morgan fingerprint density at radius 1 is 1.25 bits per heavy atom. The van der Waals surface area contributed by atoms with Gasteiger partial charge in [0.05, 0.1) is 5.56 Å². The van der Waals surface area contributed by atoms with Crippen LogP contribution in [0.4, 0.5) is 13.2 Å². The predicted molar refractivity (Wildman–Crippen MR) is 74.6 cm³/mol. The molecule has 1 fully saturated rings. The van der Waals surface area contributed by atoms with Gasteiger partial charge in [-0.2, -0.15) is 13.2 Å². The van der Waals surface area contributed by atoms with Crippen LogP contribution in [0.15, 0.2) is 24.3 Å². The van der Waals surface area contributed by atoms with Gasteiger partial charge >= 0.3 is 6.18 Å². The fourth-order valence-corrected chi connectivity index (χ4v) is 3.00. The summed E-state index contributed by atoms with van der Waals surface area (Å²) in [6.45, 7) is 3.17. The van der Waals surface area contributed by atoms with Gasteiger partial charge in [0.15, 0.2) is 0 Å². The number of rotatable bonds is 5. The molecular weight excluding hydrogens is 263 g/mol. The van der Waals surface area contributed by atoms with Crippen molar-refractivity contribution in [2.45, 2.75) is 51.2 Å². The molecule has 0 amide bonds. The summed E-state index contributed by atoms with van der Waals surface area (Å²) >= 11 is 0. The molecule has 2 rings (SSSR count). The Morgan fingerprint density at radius 2 is 2.05 bits per heavy atom. The molecule has 1 aromatic carbocycles. The summed E-state index contributed by atoms with van der Waals surface area (Å²) in [5.74, 6) is 0.507. The van der Waals surface area contributed by atoms with Crippen molar-refractivity contribution >= 4 is 0 Å². The topological polar surface area (TPSA) is 12.0 Å². The number of benzene rings is 1. The molecule has 0 saturated heterocycles. The third kappa shape index (κ3) is 4.23. The Balaban J connectivity index is 1.91. The summed E-state index contributed by atoms with van der Waals surface area (Å²) in [7, 11) is 0. The van der Waals surface area contributed by atoms with Crippen molar-refractivity contribution in [3.63, 3.8) is 0 Å². The van der Waals surface area contributed by atoms with E-state index in [1.54, 1.807) is 0 Å². The lowest BCUT2D eigenvalue weighted by Gasteiger charge is -2.14. The van der Waals surface area contributed by atoms with Crippen molar-refractivity contribution in [3.05, 3.63) is 35.4 Å². The van der Waals surface area contributed by atoms with Gasteiger partial charge in [0.2, 0.25) is 0 Å². The molecule has 0 bridgehead atoms. The second-order valence-electron chi connectivity index (χ2n) is 5.73. The maximum absolute atomic E-state index is 12.7. The lowest BCUT2D eigenvalue weighted by Crippen LogP contribution is -2.27. The molecule has 1 N–H and O–H groups in total. The van der Waals surface area contributed by atoms with Crippen LogP contribution in [0.2, 0.25) is 0 Å². The molecule has 0 aromatic heterocycles. The fourth-order valence-electron chi connectivity index (χ4n) is 3.00. The molecule has 0 radical (unpaired) electrons. The lowest BCUT2D eigenvalue weighted by atomic mass is 9.96. The minimum absolute atomic E-state index is 0.507. The van der Waals surface area contributed by atoms with Gasteiger partial charge in [0.25, 0.3) is 0 Å². The van der Waals surface area contributed by atoms with E-state index in [4.69, 9.17) is 0 Å². The van der Waals surface area contributed by atoms with E-state index in [1.807, 2.05) is 6.07 Å². The van der Waals surface area contributed by atoms with Crippen molar-refractivity contribution in [2.75, 3.05) is 6.54 Å². The zero-order valence-electron chi connectivity index (χ0n) is 11.8. The third-order valence-corrected chi connectivity index (χ3v) is 4.00. The van der Waals surface area contributed by atoms with Crippen LogP contribution in [0.3, 0.4) is 0 Å². The Kier molecular flexibility index (Phi) is 5.08. The number of hydrogen-bond donors (Lipinski definition) is 1. The van der Waals surface area contributed by atoms with Crippen LogP contribution in [0, 0.1) is 5.92 Å². The van der Waals surface area contributed by atoms with Crippen molar-refractivity contribution in [2.24, 2.45) is 5.92 Å². The van der Waals surface area contributed by atoms with Crippen molar-refractivity contribution < 1.29 is 13.2 Å². The van der Waals surface area contributed by atoms with Gasteiger partial charge in [0, 0.05) is 6.04 Å². The highest BCUT2D eigenvalue weighted by Crippen LogP contribution is 2.32. The molecule has 1 saturated carbocycles. The monoisotopic (exact) mass is 285 g/mol. The number of nitrogens with one attached hydrogen (secondary N) is 1. The van der Waals surface area contributed by atoms with E-state index in [2.05, 4.69) is 12.2 Å². The third-order valence-electron chi connectivity index (χ3n) is 4.00. The van der Waals surface area contributed by atoms with E-state index < -0.39 is 11.7 Å². The molecule has 20 heavy (non-hydrogen) atoms. The molecule has 0 spiro atoms. The highest BCUT2D eigenvalue weighted by Gasteiger charge is 2.31. The quantitative estimate of drug-likeness (QED) is 0.844. The van der Waals surface area contributed by atoms with Crippen LogP contribution in [-0.4, -0.2) is 12.6 Å². The molecule has 1 nitrogen and oxygen atoms in total. The van der Waals surface area contributed by atoms with E-state index >= 15 is 0 Å². The van der Waals surface area contributed by atoms with Gasteiger partial charge in [-0.3, -0.25) is 0 Å². The van der Waals surface area contributed by atoms with Crippen LogP contribution < -0.4 is 5.32 Å². The first-order chi connectivity index (χ1) is 9.49. The summed E-state index contributed by atoms with van der Waals surface area (Å²) in [5.41, 5.74) is 0.273. The van der Waals surface area contributed by atoms with Gasteiger partial charge in [0.1, 0.15) is 0 Å².